The molecule has 0 spiro atoms. The fourth-order valence-electron chi connectivity index (χ4n) is 2.59. The minimum absolute atomic E-state index is 0. The number of carbonyl (C=O) groups is 1. The van der Waals surface area contributed by atoms with Crippen LogP contribution in [0.5, 0.6) is 0 Å². The van der Waals surface area contributed by atoms with E-state index in [0.717, 1.165) is 35.4 Å². The molecule has 1 aromatic heterocycles. The Bertz CT molecular complexity index is 631. The topological polar surface area (TPSA) is 49.8 Å². The van der Waals surface area contributed by atoms with Gasteiger partial charge in [0, 0.05) is 58.5 Å². The zero-order valence-electron chi connectivity index (χ0n) is 15.5. The molecule has 0 saturated carbocycles. The van der Waals surface area contributed by atoms with Crippen LogP contribution < -0.4 is 4.90 Å². The molecule has 26 heavy (non-hydrogen) atoms. The molecule has 0 fully saturated rings. The summed E-state index contributed by atoms with van der Waals surface area (Å²) in [7, 11) is 0. The number of ether oxygens (including phenoxy) is 1. The molecule has 1 heterocycles. The summed E-state index contributed by atoms with van der Waals surface area (Å²) in [5.41, 5.74) is 1.72. The van der Waals surface area contributed by atoms with Crippen molar-refractivity contribution in [1.82, 2.24) is 0 Å². The van der Waals surface area contributed by atoms with E-state index in [4.69, 9.17) is 4.74 Å². The Labute approximate surface area is 185 Å². The average molecular weight is 449 g/mol. The van der Waals surface area contributed by atoms with Crippen LogP contribution in [0, 0.1) is 5.38 Å². The summed E-state index contributed by atoms with van der Waals surface area (Å²) >= 11 is 1.54. The Hall–Kier alpha value is -0.586. The molecule has 139 valence electrons. The molecule has 4 nitrogen and oxygen atoms in total. The summed E-state index contributed by atoms with van der Waals surface area (Å²) in [6, 6.07) is 11.4. The van der Waals surface area contributed by atoms with Crippen LogP contribution in [0.1, 0.15) is 49.7 Å². The van der Waals surface area contributed by atoms with Crippen LogP contribution in [-0.2, 0) is 48.8 Å². The zero-order valence-corrected chi connectivity index (χ0v) is 19.1. The number of anilines is 1. The quantitative estimate of drug-likeness (QED) is 0.434. The minimum atomic E-state index is -0.439. The van der Waals surface area contributed by atoms with Crippen LogP contribution in [0.15, 0.2) is 36.4 Å². The van der Waals surface area contributed by atoms with E-state index in [9.17, 15) is 9.90 Å². The molecule has 1 unspecified atom stereocenters. The first-order valence-electron chi connectivity index (χ1n) is 8.70. The van der Waals surface area contributed by atoms with Gasteiger partial charge in [-0.25, -0.2) is 0 Å². The van der Waals surface area contributed by atoms with Crippen molar-refractivity contribution in [2.75, 3.05) is 18.1 Å². The first-order valence-corrected chi connectivity index (χ1v) is 9.52. The molecule has 0 aliphatic heterocycles. The number of amides is 1. The zero-order chi connectivity index (χ0) is 18.1. The van der Waals surface area contributed by atoms with Gasteiger partial charge in [0.1, 0.15) is 0 Å². The van der Waals surface area contributed by atoms with Crippen molar-refractivity contribution in [3.63, 3.8) is 0 Å². The number of thiophene rings is 1. The van der Waals surface area contributed by atoms with Gasteiger partial charge in [-0.1, -0.05) is 31.9 Å². The molecule has 0 saturated heterocycles. The number of nitrogens with zero attached hydrogens (tertiary/aromatic N) is 1. The Morgan fingerprint density at radius 1 is 1.31 bits per heavy atom. The molecule has 2 aromatic rings. The molecule has 1 atom stereocenters. The van der Waals surface area contributed by atoms with Gasteiger partial charge in [0.25, 0.3) is 0 Å². The van der Waals surface area contributed by atoms with Crippen LogP contribution >= 0.6 is 11.3 Å². The fourth-order valence-corrected chi connectivity index (χ4v) is 3.15. The van der Waals surface area contributed by atoms with E-state index in [1.807, 2.05) is 36.4 Å². The maximum Gasteiger partial charge on any atom is 0.223 e. The number of hydrogen-bond acceptors (Lipinski definition) is 4. The Morgan fingerprint density at radius 2 is 2.04 bits per heavy atom. The van der Waals surface area contributed by atoms with E-state index < -0.39 is 6.10 Å². The van der Waals surface area contributed by atoms with Gasteiger partial charge in [-0.3, -0.25) is 16.1 Å². The molecule has 1 N–H and O–H groups in total. The molecule has 6 heteroatoms. The van der Waals surface area contributed by atoms with Crippen LogP contribution in [-0.4, -0.2) is 24.2 Å². The van der Waals surface area contributed by atoms with Crippen molar-refractivity contribution in [2.45, 2.75) is 45.8 Å². The fraction of sp³-hybridized carbons (Fsp3) is 0.450. The summed E-state index contributed by atoms with van der Waals surface area (Å²) in [4.78, 5) is 14.8. The first-order chi connectivity index (χ1) is 12.1. The second-order valence-corrected chi connectivity index (χ2v) is 6.96. The van der Waals surface area contributed by atoms with E-state index >= 15 is 0 Å². The maximum absolute atomic E-state index is 11.9. The number of aliphatic hydroxyl groups excluding tert-OH is 1. The van der Waals surface area contributed by atoms with Crippen molar-refractivity contribution in [2.24, 2.45) is 0 Å². The van der Waals surface area contributed by atoms with E-state index in [1.165, 1.54) is 11.3 Å². The monoisotopic (exact) mass is 449 g/mol. The number of aliphatic hydroxyl groups is 1. The van der Waals surface area contributed by atoms with Crippen LogP contribution in [0.25, 0.3) is 0 Å². The maximum atomic E-state index is 11.9. The van der Waals surface area contributed by atoms with Crippen molar-refractivity contribution >= 4 is 22.9 Å². The molecule has 0 aliphatic carbocycles. The third-order valence-corrected chi connectivity index (χ3v) is 4.80. The van der Waals surface area contributed by atoms with E-state index in [-0.39, 0.29) is 38.6 Å². The summed E-state index contributed by atoms with van der Waals surface area (Å²) in [5, 5.41) is 13.2. The summed E-state index contributed by atoms with van der Waals surface area (Å²) in [6.07, 6.45) is 2.39. The number of carbonyl (C=O) groups excluding carboxylic acids is 1. The molecule has 0 bridgehead atoms. The number of hydrogen-bond donors (Lipinski definition) is 1. The van der Waals surface area contributed by atoms with Gasteiger partial charge in [-0.2, -0.15) is 12.1 Å². The van der Waals surface area contributed by atoms with Crippen LogP contribution in [0.2, 0.25) is 0 Å². The average Bonchev–Trinajstić information content (AvgIpc) is 3.13. The molecule has 2 rings (SSSR count). The summed E-state index contributed by atoms with van der Waals surface area (Å²) < 4.78 is 5.64. The van der Waals surface area contributed by atoms with Crippen molar-refractivity contribution in [3.8, 4) is 0 Å². The van der Waals surface area contributed by atoms with Gasteiger partial charge in [0.15, 0.2) is 0 Å². The van der Waals surface area contributed by atoms with Crippen LogP contribution in [0.3, 0.4) is 0 Å². The Balaban J connectivity index is 0.00000338. The van der Waals surface area contributed by atoms with E-state index in [0.29, 0.717) is 19.8 Å². The van der Waals surface area contributed by atoms with Gasteiger partial charge in [-0.15, -0.1) is 10.3 Å². The first kappa shape index (κ1) is 23.5. The van der Waals surface area contributed by atoms with Gasteiger partial charge >= 0.3 is 0 Å². The van der Waals surface area contributed by atoms with E-state index in [1.54, 1.807) is 11.8 Å². The minimum Gasteiger partial charge on any atom is -0.388 e. The molecule has 1 amide bonds. The standard InChI is InChI=1S/C20H26NO3S.Y/c1-3-4-7-20(23)17-8-10-18(11-9-17)21(16(2)22)12-13-24-15-19-6-5-14-25-19;/h5-6,8-11,20,23H,3-4,7,12-13,15H2,1-2H3;/q-1;. The van der Waals surface area contributed by atoms with E-state index in [2.05, 4.69) is 12.3 Å². The smallest absolute Gasteiger partial charge is 0.223 e. The largest absolute Gasteiger partial charge is 0.388 e. The van der Waals surface area contributed by atoms with Gasteiger partial charge in [0.05, 0.1) is 12.7 Å². The van der Waals surface area contributed by atoms with Gasteiger partial charge in [0.2, 0.25) is 5.91 Å². The normalized spacial score (nSPS) is 11.7. The molecular formula is C20H26NO3SY-. The third-order valence-electron chi connectivity index (χ3n) is 4.03. The van der Waals surface area contributed by atoms with Crippen LogP contribution in [0.4, 0.5) is 5.69 Å². The SMILES string of the molecule is CCCCC(O)c1ccc(N(CCOCc2cc[c-]s2)C(C)=O)cc1.[Y]. The second-order valence-electron chi connectivity index (χ2n) is 5.99. The predicted octanol–water partition coefficient (Wildman–Crippen LogP) is 4.34. The molecule has 1 aromatic carbocycles. The van der Waals surface area contributed by atoms with Crippen molar-refractivity contribution < 1.29 is 47.3 Å². The molecular weight excluding hydrogens is 423 g/mol. The number of unbranched alkanes of at least 4 members (excludes halogenated alkanes) is 1. The third kappa shape index (κ3) is 7.57. The second kappa shape index (κ2) is 12.7. The number of benzene rings is 1. The number of rotatable bonds is 10. The van der Waals surface area contributed by atoms with Gasteiger partial charge < -0.3 is 14.7 Å². The van der Waals surface area contributed by atoms with Crippen molar-refractivity contribution in [3.05, 3.63) is 52.2 Å². The van der Waals surface area contributed by atoms with Crippen molar-refractivity contribution in [1.29, 1.82) is 0 Å². The Morgan fingerprint density at radius 3 is 2.62 bits per heavy atom. The molecule has 1 radical (unpaired) electrons. The summed E-state index contributed by atoms with van der Waals surface area (Å²) in [5.74, 6) is -0.0210. The molecule has 0 aliphatic rings. The predicted molar refractivity (Wildman–Crippen MR) is 102 cm³/mol. The Kier molecular flexibility index (Phi) is 11.5. The summed E-state index contributed by atoms with van der Waals surface area (Å²) in [6.45, 7) is 5.18. The van der Waals surface area contributed by atoms with Gasteiger partial charge in [-0.05, 0) is 24.1 Å².